The lowest BCUT2D eigenvalue weighted by molar-refractivity contribution is 0.115. The van der Waals surface area contributed by atoms with Crippen molar-refractivity contribution in [1.29, 1.82) is 0 Å². The van der Waals surface area contributed by atoms with Crippen LogP contribution >= 0.6 is 11.6 Å². The van der Waals surface area contributed by atoms with Crippen molar-refractivity contribution in [3.63, 3.8) is 0 Å². The van der Waals surface area contributed by atoms with Crippen molar-refractivity contribution >= 4 is 23.3 Å². The topological polar surface area (TPSA) is 50.9 Å². The summed E-state index contributed by atoms with van der Waals surface area (Å²) in [5.41, 5.74) is 4.32. The maximum atomic E-state index is 11.5. The van der Waals surface area contributed by atoms with E-state index in [4.69, 9.17) is 11.6 Å². The van der Waals surface area contributed by atoms with Gasteiger partial charge in [-0.25, -0.2) is 4.98 Å². The van der Waals surface area contributed by atoms with Crippen LogP contribution in [0.15, 0.2) is 49.1 Å². The lowest BCUT2D eigenvalue weighted by atomic mass is 9.84. The molecule has 0 saturated heterocycles. The Hall–Kier alpha value is -2.43. The van der Waals surface area contributed by atoms with Gasteiger partial charge in [-0.15, -0.1) is 0 Å². The van der Waals surface area contributed by atoms with Crippen LogP contribution in [-0.2, 0) is 19.1 Å². The molecule has 2 heterocycles. The normalized spacial score (nSPS) is 15.6. The third-order valence-electron chi connectivity index (χ3n) is 4.79. The molecule has 0 radical (unpaired) electrons. The Balaban J connectivity index is 2.00. The summed E-state index contributed by atoms with van der Waals surface area (Å²) in [5.74, 6) is 0. The lowest BCUT2D eigenvalue weighted by Gasteiger charge is -2.28. The van der Waals surface area contributed by atoms with Crippen LogP contribution in [0.4, 0.5) is 0 Å². The van der Waals surface area contributed by atoms with Crippen molar-refractivity contribution in [3.8, 4) is 0 Å². The van der Waals surface area contributed by atoms with Gasteiger partial charge < -0.3 is 9.67 Å². The van der Waals surface area contributed by atoms with E-state index in [-0.39, 0.29) is 0 Å². The number of rotatable bonds is 2. The highest BCUT2D eigenvalue weighted by Gasteiger charge is 2.34. The number of hydrogen-bond acceptors (Lipinski definition) is 3. The highest BCUT2D eigenvalue weighted by atomic mass is 35.5. The van der Waals surface area contributed by atoms with Gasteiger partial charge in [0.1, 0.15) is 5.60 Å². The fourth-order valence-electron chi connectivity index (χ4n) is 3.46. The monoisotopic (exact) mass is 351 g/mol. The van der Waals surface area contributed by atoms with E-state index in [9.17, 15) is 5.11 Å². The molecule has 126 valence electrons. The van der Waals surface area contributed by atoms with Gasteiger partial charge in [0.15, 0.2) is 0 Å². The van der Waals surface area contributed by atoms with E-state index in [1.807, 2.05) is 48.0 Å². The molecular weight excluding hydrogens is 334 g/mol. The number of pyridine rings is 1. The quantitative estimate of drug-likeness (QED) is 0.763. The van der Waals surface area contributed by atoms with E-state index >= 15 is 0 Å². The van der Waals surface area contributed by atoms with Crippen LogP contribution in [0.3, 0.4) is 0 Å². The number of aromatic nitrogens is 3. The second-order valence-electron chi connectivity index (χ2n) is 6.54. The number of imidazole rings is 1. The Morgan fingerprint density at radius 1 is 1.28 bits per heavy atom. The summed E-state index contributed by atoms with van der Waals surface area (Å²) >= 11 is 6.27. The van der Waals surface area contributed by atoms with E-state index in [1.54, 1.807) is 25.6 Å². The molecule has 0 spiro atoms. The van der Waals surface area contributed by atoms with Gasteiger partial charge in [0, 0.05) is 24.7 Å². The van der Waals surface area contributed by atoms with Crippen LogP contribution in [-0.4, -0.2) is 19.6 Å². The first kappa shape index (κ1) is 16.1. The molecule has 1 atom stereocenters. The molecule has 0 fully saturated rings. The van der Waals surface area contributed by atoms with Gasteiger partial charge in [-0.05, 0) is 53.5 Å². The third kappa shape index (κ3) is 2.68. The fourth-order valence-corrected chi connectivity index (χ4v) is 3.64. The Morgan fingerprint density at radius 2 is 2.12 bits per heavy atom. The molecule has 3 aromatic rings. The molecular formula is C20H18ClN3O. The summed E-state index contributed by atoms with van der Waals surface area (Å²) in [6.45, 7) is 1.79. The number of benzene rings is 1. The smallest absolute Gasteiger partial charge is 0.129 e. The van der Waals surface area contributed by atoms with Gasteiger partial charge in [0.2, 0.25) is 0 Å². The minimum absolute atomic E-state index is 0.643. The first-order chi connectivity index (χ1) is 12.0. The van der Waals surface area contributed by atoms with Crippen LogP contribution in [0.25, 0.3) is 11.6 Å². The summed E-state index contributed by atoms with van der Waals surface area (Å²) in [7, 11) is 1.88. The Labute approximate surface area is 151 Å². The minimum Gasteiger partial charge on any atom is -0.379 e. The molecule has 1 N–H and O–H groups in total. The summed E-state index contributed by atoms with van der Waals surface area (Å²) in [5, 5.41) is 12.1. The van der Waals surface area contributed by atoms with Crippen LogP contribution in [0, 0.1) is 0 Å². The largest absolute Gasteiger partial charge is 0.379 e. The van der Waals surface area contributed by atoms with E-state index < -0.39 is 5.60 Å². The summed E-state index contributed by atoms with van der Waals surface area (Å²) in [6, 6.07) is 9.74. The summed E-state index contributed by atoms with van der Waals surface area (Å²) < 4.78 is 1.83. The average Bonchev–Trinajstić information content (AvgIpc) is 2.94. The second-order valence-corrected chi connectivity index (χ2v) is 6.97. The summed E-state index contributed by atoms with van der Waals surface area (Å²) in [4.78, 5) is 8.68. The number of nitrogens with zero attached hydrogens (tertiary/aromatic N) is 3. The zero-order valence-electron chi connectivity index (χ0n) is 14.1. The maximum Gasteiger partial charge on any atom is 0.129 e. The van der Waals surface area contributed by atoms with Crippen LogP contribution in [0.1, 0.15) is 35.0 Å². The van der Waals surface area contributed by atoms with Crippen molar-refractivity contribution < 1.29 is 5.11 Å². The van der Waals surface area contributed by atoms with Gasteiger partial charge in [-0.1, -0.05) is 23.7 Å². The molecule has 0 aliphatic heterocycles. The van der Waals surface area contributed by atoms with Crippen LogP contribution in [0.5, 0.6) is 0 Å². The molecule has 1 unspecified atom stereocenters. The Morgan fingerprint density at radius 3 is 2.88 bits per heavy atom. The first-order valence-corrected chi connectivity index (χ1v) is 8.48. The molecule has 5 heteroatoms. The maximum absolute atomic E-state index is 11.5. The minimum atomic E-state index is -1.22. The van der Waals surface area contributed by atoms with Gasteiger partial charge >= 0.3 is 0 Å². The molecule has 1 aliphatic rings. The standard InChI is InChI=1S/C20H18ClN3O/c1-20(25,19-11-22-12-24(19)2)17-8-14-4-3-7-23-18(14)9-13-5-6-15(21)10-16(13)17/h3-8,10-12,25H,9H2,1-2H3. The van der Waals surface area contributed by atoms with Gasteiger partial charge in [-0.3, -0.25) is 4.98 Å². The molecule has 0 saturated carbocycles. The van der Waals surface area contributed by atoms with Crippen molar-refractivity contribution in [2.45, 2.75) is 18.9 Å². The molecule has 0 amide bonds. The van der Waals surface area contributed by atoms with Crippen LogP contribution < -0.4 is 0 Å². The van der Waals surface area contributed by atoms with Gasteiger partial charge in [-0.2, -0.15) is 0 Å². The molecule has 4 nitrogen and oxygen atoms in total. The number of hydrogen-bond donors (Lipinski definition) is 1. The zero-order valence-corrected chi connectivity index (χ0v) is 14.8. The Kier molecular flexibility index (Phi) is 3.74. The molecule has 0 bridgehead atoms. The summed E-state index contributed by atoms with van der Waals surface area (Å²) in [6.07, 6.45) is 7.89. The highest BCUT2D eigenvalue weighted by Crippen LogP contribution is 2.41. The fraction of sp³-hybridized carbons (Fsp3) is 0.200. The number of aliphatic hydroxyl groups is 1. The number of fused-ring (bicyclic) bond motifs is 2. The molecule has 1 aromatic carbocycles. The van der Waals surface area contributed by atoms with Crippen LogP contribution in [0.2, 0.25) is 5.02 Å². The molecule has 1 aliphatic carbocycles. The predicted octanol–water partition coefficient (Wildman–Crippen LogP) is 3.82. The zero-order chi connectivity index (χ0) is 17.6. The van der Waals surface area contributed by atoms with Crippen molar-refractivity contribution in [1.82, 2.24) is 14.5 Å². The molecule has 4 rings (SSSR count). The average molecular weight is 352 g/mol. The van der Waals surface area contributed by atoms with E-state index in [0.29, 0.717) is 11.4 Å². The SMILES string of the molecule is Cn1cncc1C(C)(O)C1=Cc2cccnc2Cc2ccc(Cl)cc21. The van der Waals surface area contributed by atoms with Gasteiger partial charge in [0.05, 0.1) is 23.9 Å². The lowest BCUT2D eigenvalue weighted by Crippen LogP contribution is -2.26. The number of aryl methyl sites for hydroxylation is 1. The van der Waals surface area contributed by atoms with Crippen molar-refractivity contribution in [3.05, 3.63) is 82.2 Å². The molecule has 25 heavy (non-hydrogen) atoms. The second kappa shape index (κ2) is 5.83. The molecule has 2 aromatic heterocycles. The van der Waals surface area contributed by atoms with E-state index in [0.717, 1.165) is 33.7 Å². The Bertz CT molecular complexity index is 988. The van der Waals surface area contributed by atoms with Crippen molar-refractivity contribution in [2.75, 3.05) is 0 Å². The van der Waals surface area contributed by atoms with Crippen molar-refractivity contribution in [2.24, 2.45) is 7.05 Å². The highest BCUT2D eigenvalue weighted by molar-refractivity contribution is 6.30. The third-order valence-corrected chi connectivity index (χ3v) is 5.02. The van der Waals surface area contributed by atoms with E-state index in [2.05, 4.69) is 9.97 Å². The van der Waals surface area contributed by atoms with Gasteiger partial charge in [0.25, 0.3) is 0 Å². The van der Waals surface area contributed by atoms with E-state index in [1.165, 1.54) is 0 Å². The first-order valence-electron chi connectivity index (χ1n) is 8.11. The predicted molar refractivity (Wildman–Crippen MR) is 99.1 cm³/mol. The number of halogens is 1.